The van der Waals surface area contributed by atoms with Crippen molar-refractivity contribution < 1.29 is 4.74 Å². The van der Waals surface area contributed by atoms with Crippen LogP contribution in [0.3, 0.4) is 0 Å². The van der Waals surface area contributed by atoms with Gasteiger partial charge in [-0.05, 0) is 24.5 Å². The zero-order chi connectivity index (χ0) is 10.5. The van der Waals surface area contributed by atoms with Gasteiger partial charge in [0.05, 0.1) is 6.20 Å². The van der Waals surface area contributed by atoms with Crippen LogP contribution in [0.2, 0.25) is 0 Å². The number of aromatic nitrogens is 1. The van der Waals surface area contributed by atoms with Gasteiger partial charge in [-0.25, -0.2) is 0 Å². The van der Waals surface area contributed by atoms with Crippen molar-refractivity contribution in [2.45, 2.75) is 26.2 Å². The molecule has 0 atom stereocenters. The topological polar surface area (TPSA) is 25.4 Å². The SMILES string of the molecule is CCCc1cncc(OCN2CCC2)c1. The summed E-state index contributed by atoms with van der Waals surface area (Å²) in [7, 11) is 0. The largest absolute Gasteiger partial charge is 0.477 e. The van der Waals surface area contributed by atoms with Crippen molar-refractivity contribution in [2.75, 3.05) is 19.8 Å². The maximum atomic E-state index is 5.66. The second-order valence-electron chi connectivity index (χ2n) is 4.02. The van der Waals surface area contributed by atoms with Gasteiger partial charge < -0.3 is 4.74 Å². The highest BCUT2D eigenvalue weighted by atomic mass is 16.5. The Kier molecular flexibility index (Phi) is 3.56. The molecule has 1 aromatic rings. The fourth-order valence-electron chi connectivity index (χ4n) is 1.64. The third-order valence-electron chi connectivity index (χ3n) is 2.67. The maximum absolute atomic E-state index is 5.66. The first-order chi connectivity index (χ1) is 7.38. The first-order valence-electron chi connectivity index (χ1n) is 5.67. The third-order valence-corrected chi connectivity index (χ3v) is 2.67. The van der Waals surface area contributed by atoms with Gasteiger partial charge in [-0.3, -0.25) is 9.88 Å². The summed E-state index contributed by atoms with van der Waals surface area (Å²) in [6.07, 6.45) is 7.24. The van der Waals surface area contributed by atoms with Crippen LogP contribution in [0, 0.1) is 0 Å². The molecule has 0 unspecified atom stereocenters. The molecule has 0 amide bonds. The zero-order valence-corrected chi connectivity index (χ0v) is 9.28. The van der Waals surface area contributed by atoms with E-state index in [9.17, 15) is 0 Å². The molecule has 1 aromatic heterocycles. The lowest BCUT2D eigenvalue weighted by Gasteiger charge is -2.30. The van der Waals surface area contributed by atoms with Gasteiger partial charge in [0, 0.05) is 19.3 Å². The Labute approximate surface area is 91.1 Å². The molecule has 1 aliphatic heterocycles. The van der Waals surface area contributed by atoms with Gasteiger partial charge >= 0.3 is 0 Å². The Balaban J connectivity index is 1.86. The van der Waals surface area contributed by atoms with Gasteiger partial charge in [-0.2, -0.15) is 0 Å². The molecule has 1 saturated heterocycles. The molecule has 82 valence electrons. The second-order valence-corrected chi connectivity index (χ2v) is 4.02. The summed E-state index contributed by atoms with van der Waals surface area (Å²) >= 11 is 0. The van der Waals surface area contributed by atoms with Gasteiger partial charge in [0.1, 0.15) is 12.5 Å². The fraction of sp³-hybridized carbons (Fsp3) is 0.583. The fourth-order valence-corrected chi connectivity index (χ4v) is 1.64. The van der Waals surface area contributed by atoms with Crippen LogP contribution >= 0.6 is 0 Å². The molecule has 0 aromatic carbocycles. The Morgan fingerprint density at radius 1 is 1.40 bits per heavy atom. The van der Waals surface area contributed by atoms with E-state index in [2.05, 4.69) is 22.9 Å². The van der Waals surface area contributed by atoms with Crippen molar-refractivity contribution in [1.29, 1.82) is 0 Å². The number of ether oxygens (including phenoxy) is 1. The number of aryl methyl sites for hydroxylation is 1. The summed E-state index contributed by atoms with van der Waals surface area (Å²) in [6, 6.07) is 2.09. The molecule has 2 rings (SSSR count). The van der Waals surface area contributed by atoms with E-state index in [0.29, 0.717) is 6.73 Å². The molecule has 1 aliphatic rings. The molecule has 0 N–H and O–H groups in total. The lowest BCUT2D eigenvalue weighted by molar-refractivity contribution is 0.0728. The lowest BCUT2D eigenvalue weighted by atomic mass is 10.2. The van der Waals surface area contributed by atoms with Crippen LogP contribution in [0.4, 0.5) is 0 Å². The summed E-state index contributed by atoms with van der Waals surface area (Å²) in [5.41, 5.74) is 1.26. The summed E-state index contributed by atoms with van der Waals surface area (Å²) in [4.78, 5) is 6.47. The molecule has 3 heteroatoms. The van der Waals surface area contributed by atoms with E-state index in [0.717, 1.165) is 18.6 Å². The monoisotopic (exact) mass is 206 g/mol. The Morgan fingerprint density at radius 2 is 2.27 bits per heavy atom. The van der Waals surface area contributed by atoms with Crippen LogP contribution < -0.4 is 4.74 Å². The van der Waals surface area contributed by atoms with E-state index in [1.165, 1.54) is 25.1 Å². The van der Waals surface area contributed by atoms with Gasteiger partial charge in [-0.15, -0.1) is 0 Å². The minimum atomic E-state index is 0.706. The van der Waals surface area contributed by atoms with E-state index in [4.69, 9.17) is 4.74 Å². The van der Waals surface area contributed by atoms with E-state index in [1.54, 1.807) is 6.20 Å². The minimum absolute atomic E-state index is 0.706. The standard InChI is InChI=1S/C12H18N2O/c1-2-4-11-7-12(9-13-8-11)15-10-14-5-3-6-14/h7-9H,2-6,10H2,1H3. The predicted molar refractivity (Wildman–Crippen MR) is 59.9 cm³/mol. The van der Waals surface area contributed by atoms with Crippen molar-refractivity contribution in [2.24, 2.45) is 0 Å². The van der Waals surface area contributed by atoms with Crippen LogP contribution in [-0.4, -0.2) is 29.7 Å². The van der Waals surface area contributed by atoms with Crippen LogP contribution in [0.1, 0.15) is 25.3 Å². The first-order valence-corrected chi connectivity index (χ1v) is 5.67. The number of hydrogen-bond donors (Lipinski definition) is 0. The number of rotatable bonds is 5. The summed E-state index contributed by atoms with van der Waals surface area (Å²) < 4.78 is 5.66. The highest BCUT2D eigenvalue weighted by molar-refractivity contribution is 5.23. The quantitative estimate of drug-likeness (QED) is 0.737. The highest BCUT2D eigenvalue weighted by Crippen LogP contribution is 2.14. The van der Waals surface area contributed by atoms with Gasteiger partial charge in [0.25, 0.3) is 0 Å². The average molecular weight is 206 g/mol. The van der Waals surface area contributed by atoms with Crippen molar-refractivity contribution in [3.63, 3.8) is 0 Å². The zero-order valence-electron chi connectivity index (χ0n) is 9.28. The van der Waals surface area contributed by atoms with Crippen LogP contribution in [0.15, 0.2) is 18.5 Å². The molecule has 3 nitrogen and oxygen atoms in total. The number of pyridine rings is 1. The number of nitrogens with zero attached hydrogens (tertiary/aromatic N) is 2. The third kappa shape index (κ3) is 2.93. The van der Waals surface area contributed by atoms with E-state index in [1.807, 2.05) is 6.20 Å². The molecule has 0 aliphatic carbocycles. The number of likely N-dealkylation sites (tertiary alicyclic amines) is 1. The molecule has 0 saturated carbocycles. The van der Waals surface area contributed by atoms with E-state index < -0.39 is 0 Å². The predicted octanol–water partition coefficient (Wildman–Crippen LogP) is 2.08. The summed E-state index contributed by atoms with van der Waals surface area (Å²) in [5.74, 6) is 0.896. The van der Waals surface area contributed by atoms with E-state index in [-0.39, 0.29) is 0 Å². The number of hydrogen-bond acceptors (Lipinski definition) is 3. The Hall–Kier alpha value is -1.09. The molecule has 0 bridgehead atoms. The smallest absolute Gasteiger partial charge is 0.142 e. The molecule has 15 heavy (non-hydrogen) atoms. The molecule has 2 heterocycles. The minimum Gasteiger partial charge on any atom is -0.477 e. The van der Waals surface area contributed by atoms with Gasteiger partial charge in [0.2, 0.25) is 0 Å². The molecule has 0 spiro atoms. The molecular weight excluding hydrogens is 188 g/mol. The lowest BCUT2D eigenvalue weighted by Crippen LogP contribution is -2.39. The molecule has 0 radical (unpaired) electrons. The molecular formula is C12H18N2O. The summed E-state index contributed by atoms with van der Waals surface area (Å²) in [5, 5.41) is 0. The van der Waals surface area contributed by atoms with Gasteiger partial charge in [0.15, 0.2) is 0 Å². The van der Waals surface area contributed by atoms with Crippen molar-refractivity contribution in [3.8, 4) is 5.75 Å². The van der Waals surface area contributed by atoms with Gasteiger partial charge in [-0.1, -0.05) is 13.3 Å². The van der Waals surface area contributed by atoms with Crippen molar-refractivity contribution >= 4 is 0 Å². The Bertz CT molecular complexity index is 310. The van der Waals surface area contributed by atoms with E-state index >= 15 is 0 Å². The van der Waals surface area contributed by atoms with Crippen molar-refractivity contribution in [3.05, 3.63) is 24.0 Å². The summed E-state index contributed by atoms with van der Waals surface area (Å²) in [6.45, 7) is 5.22. The average Bonchev–Trinajstić information content (AvgIpc) is 2.16. The molecule has 1 fully saturated rings. The van der Waals surface area contributed by atoms with Crippen molar-refractivity contribution in [1.82, 2.24) is 9.88 Å². The van der Waals surface area contributed by atoms with Crippen LogP contribution in [0.5, 0.6) is 5.75 Å². The Morgan fingerprint density at radius 3 is 2.93 bits per heavy atom. The van der Waals surface area contributed by atoms with Crippen LogP contribution in [-0.2, 0) is 6.42 Å². The normalized spacial score (nSPS) is 16.1. The van der Waals surface area contributed by atoms with Crippen LogP contribution in [0.25, 0.3) is 0 Å². The maximum Gasteiger partial charge on any atom is 0.142 e. The second kappa shape index (κ2) is 5.12. The highest BCUT2D eigenvalue weighted by Gasteiger charge is 2.13. The first kappa shape index (κ1) is 10.4.